The summed E-state index contributed by atoms with van der Waals surface area (Å²) in [6.45, 7) is 6.56. The zero-order valence-corrected chi connectivity index (χ0v) is 9.92. The molecule has 1 amide bonds. The third-order valence-corrected chi connectivity index (χ3v) is 1.95. The number of ether oxygens (including phenoxy) is 1. The van der Waals surface area contributed by atoms with E-state index in [2.05, 4.69) is 9.73 Å². The minimum absolute atomic E-state index is 0.0971. The van der Waals surface area contributed by atoms with E-state index in [1.165, 1.54) is 0 Å². The number of carbonyl (C=O) groups is 1. The van der Waals surface area contributed by atoms with Gasteiger partial charge in [0.05, 0.1) is 6.61 Å². The van der Waals surface area contributed by atoms with Crippen LogP contribution in [-0.4, -0.2) is 42.2 Å². The van der Waals surface area contributed by atoms with Crippen molar-refractivity contribution in [2.45, 2.75) is 26.4 Å². The van der Waals surface area contributed by atoms with Crippen LogP contribution in [0.5, 0.6) is 0 Å². The monoisotopic (exact) mass is 238 g/mol. The molecule has 0 aliphatic rings. The molecule has 0 aromatic rings. The van der Waals surface area contributed by atoms with Crippen LogP contribution in [0.25, 0.3) is 0 Å². The molecule has 0 radical (unpaired) electrons. The van der Waals surface area contributed by atoms with Crippen molar-refractivity contribution < 1.29 is 13.9 Å². The first kappa shape index (κ1) is 14.2. The average molecular weight is 239 g/mol. The molecule has 0 saturated heterocycles. The Balaban J connectivity index is 4.70. The molecule has 1 atom stereocenters. The normalized spacial score (nSPS) is 13.5. The molecule has 6 heteroatoms. The van der Waals surface area contributed by atoms with Crippen molar-refractivity contribution in [3.8, 4) is 0 Å². The van der Waals surface area contributed by atoms with Gasteiger partial charge in [0.2, 0.25) is 5.63 Å². The number of carbonyl (C=O) groups excluding carboxylic acids is 1. The number of amidine groups is 1. The summed E-state index contributed by atoms with van der Waals surface area (Å²) in [6, 6.07) is 0. The van der Waals surface area contributed by atoms with Gasteiger partial charge in [0, 0.05) is 13.1 Å². The van der Waals surface area contributed by atoms with E-state index in [9.17, 15) is 9.18 Å². The van der Waals surface area contributed by atoms with E-state index in [0.717, 1.165) is 0 Å². The largest absolute Gasteiger partial charge is 0.448 e. The zero-order valence-electron chi connectivity index (χ0n) is 9.17. The quantitative estimate of drug-likeness (QED) is 0.429. The molecule has 0 N–H and O–H groups in total. The molecule has 0 aliphatic carbocycles. The number of amides is 1. The predicted molar refractivity (Wildman–Crippen MR) is 58.1 cm³/mol. The molecule has 0 saturated carbocycles. The summed E-state index contributed by atoms with van der Waals surface area (Å²) in [5.41, 5.74) is -1.80. The van der Waals surface area contributed by atoms with Gasteiger partial charge < -0.3 is 9.64 Å². The number of halogens is 2. The Kier molecular flexibility index (Phi) is 7.03. The van der Waals surface area contributed by atoms with Crippen LogP contribution in [0.15, 0.2) is 4.99 Å². The SMILES string of the molecule is CCOC(=O)/N=C(\C(F)Cl)N(CC)CC. The Bertz CT molecular complexity index is 230. The zero-order chi connectivity index (χ0) is 11.8. The van der Waals surface area contributed by atoms with Gasteiger partial charge in [-0.25, -0.2) is 9.18 Å². The molecule has 1 unspecified atom stereocenters. The molecule has 0 fully saturated rings. The standard InChI is InChI=1S/C9H16ClFN2O2/c1-4-13(5-2)8(7(10)11)12-9(14)15-6-3/h7H,4-6H2,1-3H3/b12-8+. The van der Waals surface area contributed by atoms with Crippen molar-refractivity contribution in [3.05, 3.63) is 0 Å². The lowest BCUT2D eigenvalue weighted by Crippen LogP contribution is -2.36. The van der Waals surface area contributed by atoms with E-state index in [1.807, 2.05) is 13.8 Å². The maximum atomic E-state index is 13.0. The highest BCUT2D eigenvalue weighted by Crippen LogP contribution is 2.07. The molecule has 0 aromatic carbocycles. The van der Waals surface area contributed by atoms with Crippen LogP contribution in [-0.2, 0) is 4.74 Å². The van der Waals surface area contributed by atoms with E-state index in [0.29, 0.717) is 13.1 Å². The first-order chi connectivity index (χ1) is 7.06. The summed E-state index contributed by atoms with van der Waals surface area (Å²) in [6.07, 6.45) is -0.817. The van der Waals surface area contributed by atoms with Gasteiger partial charge >= 0.3 is 6.09 Å². The Labute approximate surface area is 94.1 Å². The summed E-state index contributed by atoms with van der Waals surface area (Å²) in [4.78, 5) is 16.1. The highest BCUT2D eigenvalue weighted by atomic mass is 35.5. The van der Waals surface area contributed by atoms with Crippen LogP contribution >= 0.6 is 11.6 Å². The Morgan fingerprint density at radius 2 is 2.00 bits per heavy atom. The van der Waals surface area contributed by atoms with Crippen molar-refractivity contribution in [1.82, 2.24) is 4.90 Å². The molecule has 0 aliphatic heterocycles. The van der Waals surface area contributed by atoms with Gasteiger partial charge in [-0.3, -0.25) is 0 Å². The van der Waals surface area contributed by atoms with Gasteiger partial charge in [0.15, 0.2) is 5.84 Å². The summed E-state index contributed by atoms with van der Waals surface area (Å²) in [7, 11) is 0. The van der Waals surface area contributed by atoms with Gasteiger partial charge in [-0.1, -0.05) is 11.6 Å². The number of nitrogens with zero attached hydrogens (tertiary/aromatic N) is 2. The molecular formula is C9H16ClFN2O2. The minimum atomic E-state index is -1.80. The van der Waals surface area contributed by atoms with Gasteiger partial charge in [0.1, 0.15) is 0 Å². The maximum Gasteiger partial charge on any atom is 0.435 e. The highest BCUT2D eigenvalue weighted by Gasteiger charge is 2.19. The van der Waals surface area contributed by atoms with E-state index < -0.39 is 11.7 Å². The average Bonchev–Trinajstić information content (AvgIpc) is 2.18. The summed E-state index contributed by atoms with van der Waals surface area (Å²) < 4.78 is 17.6. The number of hydrogen-bond acceptors (Lipinski definition) is 2. The van der Waals surface area contributed by atoms with Crippen molar-refractivity contribution in [2.75, 3.05) is 19.7 Å². The summed E-state index contributed by atoms with van der Waals surface area (Å²) in [5.74, 6) is -0.0971. The Morgan fingerprint density at radius 3 is 2.33 bits per heavy atom. The topological polar surface area (TPSA) is 41.9 Å². The molecule has 0 aromatic heterocycles. The van der Waals surface area contributed by atoms with Gasteiger partial charge in [-0.2, -0.15) is 4.99 Å². The second-order valence-electron chi connectivity index (χ2n) is 2.64. The van der Waals surface area contributed by atoms with E-state index >= 15 is 0 Å². The number of hydrogen-bond donors (Lipinski definition) is 0. The van der Waals surface area contributed by atoms with Crippen molar-refractivity contribution >= 4 is 23.5 Å². The maximum absolute atomic E-state index is 13.0. The van der Waals surface area contributed by atoms with Crippen molar-refractivity contribution in [2.24, 2.45) is 4.99 Å². The lowest BCUT2D eigenvalue weighted by Gasteiger charge is -2.22. The second kappa shape index (κ2) is 7.45. The molecule has 15 heavy (non-hydrogen) atoms. The van der Waals surface area contributed by atoms with Crippen LogP contribution in [0.4, 0.5) is 9.18 Å². The van der Waals surface area contributed by atoms with Crippen LogP contribution in [0.1, 0.15) is 20.8 Å². The third-order valence-electron chi connectivity index (χ3n) is 1.76. The first-order valence-corrected chi connectivity index (χ1v) is 5.28. The van der Waals surface area contributed by atoms with Crippen LogP contribution in [0, 0.1) is 0 Å². The highest BCUT2D eigenvalue weighted by molar-refractivity contribution is 6.31. The number of alkyl halides is 2. The fourth-order valence-electron chi connectivity index (χ4n) is 1.05. The minimum Gasteiger partial charge on any atom is -0.448 e. The van der Waals surface area contributed by atoms with E-state index in [1.54, 1.807) is 11.8 Å². The second-order valence-corrected chi connectivity index (χ2v) is 3.03. The van der Waals surface area contributed by atoms with Crippen LogP contribution in [0.3, 0.4) is 0 Å². The van der Waals surface area contributed by atoms with Crippen molar-refractivity contribution in [1.29, 1.82) is 0 Å². The molecule has 88 valence electrons. The fraction of sp³-hybridized carbons (Fsp3) is 0.778. The Hall–Kier alpha value is -0.840. The van der Waals surface area contributed by atoms with Crippen molar-refractivity contribution in [3.63, 3.8) is 0 Å². The van der Waals surface area contributed by atoms with Gasteiger partial charge in [-0.05, 0) is 20.8 Å². The Morgan fingerprint density at radius 1 is 1.47 bits per heavy atom. The lowest BCUT2D eigenvalue weighted by atomic mass is 10.4. The van der Waals surface area contributed by atoms with Gasteiger partial charge in [0.25, 0.3) is 0 Å². The molecular weight excluding hydrogens is 223 g/mol. The predicted octanol–water partition coefficient (Wildman–Crippen LogP) is 2.42. The third kappa shape index (κ3) is 4.97. The molecule has 4 nitrogen and oxygen atoms in total. The molecule has 0 heterocycles. The first-order valence-electron chi connectivity index (χ1n) is 4.85. The molecule has 0 bridgehead atoms. The number of rotatable bonds is 4. The molecule has 0 rings (SSSR count). The summed E-state index contributed by atoms with van der Waals surface area (Å²) in [5, 5.41) is 0. The molecule has 0 spiro atoms. The smallest absolute Gasteiger partial charge is 0.435 e. The number of aliphatic imine (C=N–C) groups is 1. The van der Waals surface area contributed by atoms with Crippen LogP contribution in [0.2, 0.25) is 0 Å². The fourth-order valence-corrected chi connectivity index (χ4v) is 1.24. The van der Waals surface area contributed by atoms with E-state index in [4.69, 9.17) is 11.6 Å². The lowest BCUT2D eigenvalue weighted by molar-refractivity contribution is 0.163. The van der Waals surface area contributed by atoms with Gasteiger partial charge in [-0.15, -0.1) is 0 Å². The van der Waals surface area contributed by atoms with E-state index in [-0.39, 0.29) is 12.4 Å². The summed E-state index contributed by atoms with van der Waals surface area (Å²) >= 11 is 5.29. The van der Waals surface area contributed by atoms with Crippen LogP contribution < -0.4 is 0 Å².